The Morgan fingerprint density at radius 1 is 1.27 bits per heavy atom. The molecule has 1 amide bonds. The fourth-order valence-corrected chi connectivity index (χ4v) is 4.83. The molecule has 0 aromatic carbocycles. The third kappa shape index (κ3) is 3.42. The summed E-state index contributed by atoms with van der Waals surface area (Å²) in [4.78, 5) is 15.0. The quantitative estimate of drug-likeness (QED) is 0.763. The van der Waals surface area contributed by atoms with Crippen LogP contribution in [0.4, 0.5) is 8.78 Å². The molecule has 0 spiro atoms. The maximum Gasteiger partial charge on any atom is 0.249 e. The van der Waals surface area contributed by atoms with Crippen molar-refractivity contribution in [3.63, 3.8) is 0 Å². The number of amides is 1. The second kappa shape index (κ2) is 6.99. The van der Waals surface area contributed by atoms with Gasteiger partial charge in [-0.2, -0.15) is 0 Å². The zero-order valence-corrected chi connectivity index (χ0v) is 15.6. The molecule has 0 bridgehead atoms. The van der Waals surface area contributed by atoms with Crippen molar-refractivity contribution in [1.29, 1.82) is 0 Å². The van der Waals surface area contributed by atoms with Crippen LogP contribution in [0.15, 0.2) is 34.7 Å². The molecule has 2 aliphatic heterocycles. The van der Waals surface area contributed by atoms with Crippen molar-refractivity contribution in [1.82, 2.24) is 10.2 Å². The molecule has 142 valence electrons. The first-order valence-corrected chi connectivity index (χ1v) is 10.0. The Morgan fingerprint density at radius 3 is 2.65 bits per heavy atom. The van der Waals surface area contributed by atoms with E-state index in [1.807, 2.05) is 18.4 Å². The summed E-state index contributed by atoms with van der Waals surface area (Å²) in [6.45, 7) is 0.469. The van der Waals surface area contributed by atoms with E-state index in [0.29, 0.717) is 42.8 Å². The van der Waals surface area contributed by atoms with E-state index in [0.717, 1.165) is 11.3 Å². The lowest BCUT2D eigenvalue weighted by Crippen LogP contribution is -2.37. The van der Waals surface area contributed by atoms with Crippen LogP contribution in [0.2, 0.25) is 0 Å². The largest absolute Gasteiger partial charge is 0.352 e. The minimum atomic E-state index is -2.53. The van der Waals surface area contributed by atoms with Crippen LogP contribution < -0.4 is 5.32 Å². The minimum absolute atomic E-state index is 0.0711. The maximum absolute atomic E-state index is 13.3. The fourth-order valence-electron chi connectivity index (χ4n) is 4.54. The molecule has 2 fully saturated rings. The first-order valence-electron chi connectivity index (χ1n) is 9.66. The van der Waals surface area contributed by atoms with Gasteiger partial charge in [-0.3, -0.25) is 4.79 Å². The number of halogens is 3. The molecule has 4 rings (SSSR count). The Morgan fingerprint density at radius 2 is 2.00 bits per heavy atom. The highest BCUT2D eigenvalue weighted by Crippen LogP contribution is 2.45. The van der Waals surface area contributed by atoms with Gasteiger partial charge >= 0.3 is 0 Å². The van der Waals surface area contributed by atoms with E-state index >= 15 is 0 Å². The molecule has 2 heterocycles. The van der Waals surface area contributed by atoms with Gasteiger partial charge in [0.05, 0.1) is 10.7 Å². The number of allylic oxidation sites excluding steroid dienone is 3. The van der Waals surface area contributed by atoms with Crippen LogP contribution in [0.5, 0.6) is 0 Å². The summed E-state index contributed by atoms with van der Waals surface area (Å²) in [5, 5.41) is 3.60. The third-order valence-corrected chi connectivity index (χ3v) is 6.69. The topological polar surface area (TPSA) is 32.3 Å². The Balaban J connectivity index is 1.42. The summed E-state index contributed by atoms with van der Waals surface area (Å²) in [6.07, 6.45) is 11.0. The summed E-state index contributed by atoms with van der Waals surface area (Å²) in [6, 6.07) is 0.312. The Labute approximate surface area is 158 Å². The second-order valence-corrected chi connectivity index (χ2v) is 8.47. The van der Waals surface area contributed by atoms with Crippen molar-refractivity contribution in [2.75, 3.05) is 6.54 Å². The highest BCUT2D eigenvalue weighted by molar-refractivity contribution is 6.32. The first kappa shape index (κ1) is 18.0. The Bertz CT molecular complexity index is 671. The van der Waals surface area contributed by atoms with E-state index in [1.54, 1.807) is 0 Å². The SMILES string of the molecule is O=C(NCC1CCC(F)(F)CC1)C1=C2C(Cl)=CC=CN2C(C2CCC2)C1. The van der Waals surface area contributed by atoms with Crippen LogP contribution in [0.25, 0.3) is 0 Å². The predicted octanol–water partition coefficient (Wildman–Crippen LogP) is 4.71. The van der Waals surface area contributed by atoms with Crippen LogP contribution in [0.3, 0.4) is 0 Å². The molecule has 0 radical (unpaired) electrons. The molecule has 1 N–H and O–H groups in total. The molecule has 1 atom stereocenters. The molecule has 3 nitrogen and oxygen atoms in total. The summed E-state index contributed by atoms with van der Waals surface area (Å²) in [7, 11) is 0. The number of fused-ring (bicyclic) bond motifs is 1. The average molecular weight is 383 g/mol. The van der Waals surface area contributed by atoms with Gasteiger partial charge < -0.3 is 10.2 Å². The lowest BCUT2D eigenvalue weighted by Gasteiger charge is -2.38. The molecule has 2 aliphatic carbocycles. The van der Waals surface area contributed by atoms with E-state index in [2.05, 4.69) is 10.2 Å². The van der Waals surface area contributed by atoms with Gasteiger partial charge in [-0.15, -0.1) is 0 Å². The van der Waals surface area contributed by atoms with Crippen molar-refractivity contribution in [2.24, 2.45) is 11.8 Å². The molecule has 2 saturated carbocycles. The van der Waals surface area contributed by atoms with E-state index in [1.165, 1.54) is 19.3 Å². The number of alkyl halides is 2. The number of hydrogen-bond donors (Lipinski definition) is 1. The molecule has 6 heteroatoms. The number of nitrogens with zero attached hydrogens (tertiary/aromatic N) is 1. The molecule has 0 aromatic rings. The molecule has 4 aliphatic rings. The third-order valence-electron chi connectivity index (χ3n) is 6.39. The van der Waals surface area contributed by atoms with Gasteiger partial charge in [-0.05, 0) is 49.7 Å². The van der Waals surface area contributed by atoms with Crippen LogP contribution in [0, 0.1) is 11.8 Å². The Kier molecular flexibility index (Phi) is 4.84. The van der Waals surface area contributed by atoms with Crippen molar-refractivity contribution < 1.29 is 13.6 Å². The van der Waals surface area contributed by atoms with E-state index in [4.69, 9.17) is 11.6 Å². The summed E-state index contributed by atoms with van der Waals surface area (Å²) in [5.41, 5.74) is 1.58. The van der Waals surface area contributed by atoms with Crippen molar-refractivity contribution >= 4 is 17.5 Å². The molecular formula is C20H25ClF2N2O. The van der Waals surface area contributed by atoms with Gasteiger partial charge in [-0.25, -0.2) is 8.78 Å². The molecule has 0 saturated heterocycles. The first-order chi connectivity index (χ1) is 12.4. The molecule has 1 unspecified atom stereocenters. The van der Waals surface area contributed by atoms with Crippen LogP contribution in [0.1, 0.15) is 51.4 Å². The van der Waals surface area contributed by atoms with Crippen LogP contribution in [-0.4, -0.2) is 29.3 Å². The lowest BCUT2D eigenvalue weighted by molar-refractivity contribution is -0.118. The highest BCUT2D eigenvalue weighted by Gasteiger charge is 2.42. The number of nitrogens with one attached hydrogen (secondary N) is 1. The lowest BCUT2D eigenvalue weighted by atomic mass is 9.78. The van der Waals surface area contributed by atoms with Gasteiger partial charge in [0.15, 0.2) is 0 Å². The second-order valence-electron chi connectivity index (χ2n) is 8.06. The maximum atomic E-state index is 13.3. The van der Waals surface area contributed by atoms with E-state index in [-0.39, 0.29) is 24.7 Å². The predicted molar refractivity (Wildman–Crippen MR) is 97.6 cm³/mol. The number of carbonyl (C=O) groups excluding carboxylic acids is 1. The van der Waals surface area contributed by atoms with Gasteiger partial charge in [0.2, 0.25) is 11.8 Å². The summed E-state index contributed by atoms with van der Waals surface area (Å²) in [5.74, 6) is -1.87. The van der Waals surface area contributed by atoms with E-state index in [9.17, 15) is 13.6 Å². The minimum Gasteiger partial charge on any atom is -0.352 e. The summed E-state index contributed by atoms with van der Waals surface area (Å²) < 4.78 is 26.6. The van der Waals surface area contributed by atoms with Gasteiger partial charge in [0, 0.05) is 43.6 Å². The highest BCUT2D eigenvalue weighted by atomic mass is 35.5. The fraction of sp³-hybridized carbons (Fsp3) is 0.650. The van der Waals surface area contributed by atoms with Crippen LogP contribution >= 0.6 is 11.6 Å². The number of rotatable bonds is 4. The number of hydrogen-bond acceptors (Lipinski definition) is 2. The zero-order chi connectivity index (χ0) is 18.3. The smallest absolute Gasteiger partial charge is 0.249 e. The van der Waals surface area contributed by atoms with Gasteiger partial charge in [0.1, 0.15) is 0 Å². The Hall–Kier alpha value is -1.36. The standard InChI is InChI=1S/C20H25ClF2N2O/c21-16-5-2-10-25-17(14-3-1-4-14)11-15(18(16)25)19(26)24-12-13-6-8-20(22,23)9-7-13/h2,5,10,13-14,17H,1,3-4,6-9,11-12H2,(H,24,26). The van der Waals surface area contributed by atoms with E-state index < -0.39 is 5.92 Å². The molecular weight excluding hydrogens is 358 g/mol. The van der Waals surface area contributed by atoms with Gasteiger partial charge in [0.25, 0.3) is 0 Å². The number of carbonyl (C=O) groups is 1. The van der Waals surface area contributed by atoms with Gasteiger partial charge in [-0.1, -0.05) is 18.0 Å². The van der Waals surface area contributed by atoms with Crippen LogP contribution in [-0.2, 0) is 4.79 Å². The average Bonchev–Trinajstić information content (AvgIpc) is 2.93. The van der Waals surface area contributed by atoms with Crippen molar-refractivity contribution in [3.05, 3.63) is 34.7 Å². The summed E-state index contributed by atoms with van der Waals surface area (Å²) >= 11 is 6.41. The zero-order valence-electron chi connectivity index (χ0n) is 14.8. The monoisotopic (exact) mass is 382 g/mol. The van der Waals surface area contributed by atoms with Crippen molar-refractivity contribution in [2.45, 2.75) is 63.3 Å². The van der Waals surface area contributed by atoms with Crippen molar-refractivity contribution in [3.8, 4) is 0 Å². The normalized spacial score (nSPS) is 28.7. The molecule has 0 aromatic heterocycles. The molecule has 26 heavy (non-hydrogen) atoms.